The van der Waals surface area contributed by atoms with Crippen LogP contribution in [-0.4, -0.2) is 27.8 Å². The summed E-state index contributed by atoms with van der Waals surface area (Å²) in [6.45, 7) is 11.7. The van der Waals surface area contributed by atoms with E-state index in [0.717, 1.165) is 25.4 Å². The quantitative estimate of drug-likeness (QED) is 0.724. The molecule has 1 aromatic heterocycles. The van der Waals surface area contributed by atoms with Crippen LogP contribution in [0.1, 0.15) is 37.2 Å². The first-order chi connectivity index (χ1) is 8.20. The van der Waals surface area contributed by atoms with E-state index < -0.39 is 0 Å². The molecule has 0 aliphatic rings. The summed E-state index contributed by atoms with van der Waals surface area (Å²) in [7, 11) is 0. The number of aromatic nitrogens is 2. The summed E-state index contributed by atoms with van der Waals surface area (Å²) < 4.78 is 2.15. The van der Waals surface area contributed by atoms with E-state index in [-0.39, 0.29) is 0 Å². The Bertz CT molecular complexity index is 334. The van der Waals surface area contributed by atoms with Crippen molar-refractivity contribution in [2.75, 3.05) is 18.1 Å². The number of nitrogens with one attached hydrogen (secondary N) is 1. The molecule has 0 amide bonds. The van der Waals surface area contributed by atoms with Crippen molar-refractivity contribution < 1.29 is 0 Å². The zero-order valence-electron chi connectivity index (χ0n) is 11.5. The smallest absolute Gasteiger partial charge is 0.0641 e. The van der Waals surface area contributed by atoms with Crippen LogP contribution >= 0.6 is 11.8 Å². The van der Waals surface area contributed by atoms with Gasteiger partial charge in [0.05, 0.1) is 12.2 Å². The minimum absolute atomic E-state index is 0.951. The van der Waals surface area contributed by atoms with Gasteiger partial charge < -0.3 is 5.32 Å². The highest BCUT2D eigenvalue weighted by atomic mass is 32.2. The monoisotopic (exact) mass is 255 g/mol. The number of hydrogen-bond acceptors (Lipinski definition) is 3. The van der Waals surface area contributed by atoms with E-state index in [1.54, 1.807) is 0 Å². The molecule has 0 aromatic carbocycles. The van der Waals surface area contributed by atoms with Crippen molar-refractivity contribution in [1.29, 1.82) is 0 Å². The van der Waals surface area contributed by atoms with Gasteiger partial charge in [0.2, 0.25) is 0 Å². The Morgan fingerprint density at radius 3 is 2.71 bits per heavy atom. The summed E-state index contributed by atoms with van der Waals surface area (Å²) >= 11 is 1.97. The molecule has 1 heterocycles. The lowest BCUT2D eigenvalue weighted by Crippen LogP contribution is -2.15. The van der Waals surface area contributed by atoms with E-state index in [2.05, 4.69) is 42.8 Å². The van der Waals surface area contributed by atoms with Crippen LogP contribution in [0.15, 0.2) is 0 Å². The zero-order chi connectivity index (χ0) is 12.7. The third-order valence-electron chi connectivity index (χ3n) is 2.91. The van der Waals surface area contributed by atoms with Gasteiger partial charge in [0.1, 0.15) is 0 Å². The van der Waals surface area contributed by atoms with Gasteiger partial charge in [-0.1, -0.05) is 13.8 Å². The minimum atomic E-state index is 0.951. The third-order valence-corrected chi connectivity index (χ3v) is 3.79. The van der Waals surface area contributed by atoms with Gasteiger partial charge in [-0.3, -0.25) is 4.68 Å². The van der Waals surface area contributed by atoms with Crippen LogP contribution < -0.4 is 5.32 Å². The molecule has 0 aliphatic carbocycles. The molecule has 1 aromatic rings. The van der Waals surface area contributed by atoms with E-state index >= 15 is 0 Å². The van der Waals surface area contributed by atoms with Crippen molar-refractivity contribution >= 4 is 11.8 Å². The van der Waals surface area contributed by atoms with E-state index in [4.69, 9.17) is 0 Å². The molecular formula is C13H25N3S. The second kappa shape index (κ2) is 7.77. The number of rotatable bonds is 8. The van der Waals surface area contributed by atoms with Crippen molar-refractivity contribution in [3.05, 3.63) is 17.0 Å². The fourth-order valence-electron chi connectivity index (χ4n) is 1.89. The normalized spacial score (nSPS) is 11.1. The average Bonchev–Trinajstić information content (AvgIpc) is 2.57. The van der Waals surface area contributed by atoms with Gasteiger partial charge in [0, 0.05) is 23.6 Å². The topological polar surface area (TPSA) is 29.9 Å². The predicted octanol–water partition coefficient (Wildman–Crippen LogP) is 2.75. The first kappa shape index (κ1) is 14.6. The fraction of sp³-hybridized carbons (Fsp3) is 0.769. The Kier molecular flexibility index (Phi) is 6.66. The molecule has 0 aliphatic heterocycles. The summed E-state index contributed by atoms with van der Waals surface area (Å²) in [6.07, 6.45) is 1.18. The summed E-state index contributed by atoms with van der Waals surface area (Å²) in [6, 6.07) is 0. The first-order valence-electron chi connectivity index (χ1n) is 6.52. The Labute approximate surface area is 109 Å². The van der Waals surface area contributed by atoms with E-state index in [1.807, 2.05) is 11.8 Å². The second-order valence-corrected chi connectivity index (χ2v) is 5.64. The maximum absolute atomic E-state index is 4.62. The molecule has 0 bridgehead atoms. The van der Waals surface area contributed by atoms with E-state index in [1.165, 1.54) is 29.1 Å². The van der Waals surface area contributed by atoms with Crippen molar-refractivity contribution in [1.82, 2.24) is 15.1 Å². The minimum Gasteiger partial charge on any atom is -0.313 e. The molecule has 1 N–H and O–H groups in total. The summed E-state index contributed by atoms with van der Waals surface area (Å²) in [5, 5.41) is 8.08. The largest absolute Gasteiger partial charge is 0.313 e. The molecule has 0 atom stereocenters. The van der Waals surface area contributed by atoms with Crippen molar-refractivity contribution in [2.45, 2.75) is 47.2 Å². The molecule has 3 nitrogen and oxygen atoms in total. The van der Waals surface area contributed by atoms with Crippen molar-refractivity contribution in [3.63, 3.8) is 0 Å². The SMILES string of the molecule is CCCNCc1c(C)nn(CCSCC)c1C. The molecule has 0 saturated heterocycles. The molecular weight excluding hydrogens is 230 g/mol. The molecule has 0 saturated carbocycles. The lowest BCUT2D eigenvalue weighted by atomic mass is 10.2. The summed E-state index contributed by atoms with van der Waals surface area (Å²) in [5.74, 6) is 2.34. The third kappa shape index (κ3) is 4.36. The maximum Gasteiger partial charge on any atom is 0.0641 e. The Morgan fingerprint density at radius 1 is 1.29 bits per heavy atom. The van der Waals surface area contributed by atoms with Crippen LogP contribution in [0.2, 0.25) is 0 Å². The number of hydrogen-bond donors (Lipinski definition) is 1. The molecule has 0 radical (unpaired) electrons. The summed E-state index contributed by atoms with van der Waals surface area (Å²) in [4.78, 5) is 0. The first-order valence-corrected chi connectivity index (χ1v) is 7.67. The molecule has 0 unspecified atom stereocenters. The van der Waals surface area contributed by atoms with Crippen LogP contribution in [0.25, 0.3) is 0 Å². The van der Waals surface area contributed by atoms with E-state index in [0.29, 0.717) is 0 Å². The maximum atomic E-state index is 4.62. The van der Waals surface area contributed by atoms with Crippen LogP contribution in [0, 0.1) is 13.8 Å². The van der Waals surface area contributed by atoms with Gasteiger partial charge in [-0.2, -0.15) is 16.9 Å². The zero-order valence-corrected chi connectivity index (χ0v) is 12.4. The Morgan fingerprint density at radius 2 is 2.06 bits per heavy atom. The Balaban J connectivity index is 2.58. The highest BCUT2D eigenvalue weighted by Gasteiger charge is 2.10. The lowest BCUT2D eigenvalue weighted by molar-refractivity contribution is 0.635. The van der Waals surface area contributed by atoms with Gasteiger partial charge >= 0.3 is 0 Å². The molecule has 98 valence electrons. The molecule has 0 fully saturated rings. The van der Waals surface area contributed by atoms with Gasteiger partial charge in [-0.15, -0.1) is 0 Å². The standard InChI is InChI=1S/C13H25N3S/c1-5-7-14-10-13-11(3)15-16(12(13)4)8-9-17-6-2/h14H,5-10H2,1-4H3. The lowest BCUT2D eigenvalue weighted by Gasteiger charge is -2.06. The van der Waals surface area contributed by atoms with Gasteiger partial charge in [0.25, 0.3) is 0 Å². The summed E-state index contributed by atoms with van der Waals surface area (Å²) in [5.41, 5.74) is 3.87. The van der Waals surface area contributed by atoms with Crippen LogP contribution in [-0.2, 0) is 13.1 Å². The van der Waals surface area contributed by atoms with Crippen LogP contribution in [0.4, 0.5) is 0 Å². The molecule has 4 heteroatoms. The van der Waals surface area contributed by atoms with Gasteiger partial charge in [0.15, 0.2) is 0 Å². The van der Waals surface area contributed by atoms with Gasteiger partial charge in [-0.25, -0.2) is 0 Å². The Hall–Kier alpha value is -0.480. The number of aryl methyl sites for hydroxylation is 2. The molecule has 0 spiro atoms. The van der Waals surface area contributed by atoms with Crippen molar-refractivity contribution in [3.8, 4) is 0 Å². The van der Waals surface area contributed by atoms with E-state index in [9.17, 15) is 0 Å². The van der Waals surface area contributed by atoms with Gasteiger partial charge in [-0.05, 0) is 32.6 Å². The average molecular weight is 255 g/mol. The number of nitrogens with zero attached hydrogens (tertiary/aromatic N) is 2. The molecule has 1 rings (SSSR count). The highest BCUT2D eigenvalue weighted by molar-refractivity contribution is 7.99. The van der Waals surface area contributed by atoms with Crippen LogP contribution in [0.3, 0.4) is 0 Å². The molecule has 17 heavy (non-hydrogen) atoms. The second-order valence-electron chi connectivity index (χ2n) is 4.25. The fourth-order valence-corrected chi connectivity index (χ4v) is 2.48. The predicted molar refractivity (Wildman–Crippen MR) is 76.7 cm³/mol. The highest BCUT2D eigenvalue weighted by Crippen LogP contribution is 2.13. The van der Waals surface area contributed by atoms with Crippen molar-refractivity contribution in [2.24, 2.45) is 0 Å². The van der Waals surface area contributed by atoms with Crippen LogP contribution in [0.5, 0.6) is 0 Å². The number of thioether (sulfide) groups is 1.